The van der Waals surface area contributed by atoms with E-state index >= 15 is 0 Å². The first-order chi connectivity index (χ1) is 14.0. The summed E-state index contributed by atoms with van der Waals surface area (Å²) in [6.45, 7) is 7.00. The Morgan fingerprint density at radius 1 is 1.31 bits per heavy atom. The number of nitrogens with one attached hydrogen (secondary N) is 1. The van der Waals surface area contributed by atoms with Gasteiger partial charge in [0.25, 0.3) is 11.5 Å². The number of rotatable bonds is 5. The molecule has 0 saturated carbocycles. The van der Waals surface area contributed by atoms with Crippen molar-refractivity contribution in [2.75, 3.05) is 6.54 Å². The Morgan fingerprint density at radius 3 is 2.90 bits per heavy atom. The highest BCUT2D eigenvalue weighted by Gasteiger charge is 2.19. The summed E-state index contributed by atoms with van der Waals surface area (Å²) in [4.78, 5) is 34.5. The van der Waals surface area contributed by atoms with Crippen LogP contribution in [-0.4, -0.2) is 32.1 Å². The molecule has 9 heteroatoms. The first-order valence-electron chi connectivity index (χ1n) is 9.56. The van der Waals surface area contributed by atoms with Gasteiger partial charge in [0, 0.05) is 35.5 Å². The second-order valence-corrected chi connectivity index (χ2v) is 8.58. The van der Waals surface area contributed by atoms with Crippen LogP contribution in [0.1, 0.15) is 43.8 Å². The number of hydrogen-bond donors (Lipinski definition) is 1. The molecule has 3 aromatic heterocycles. The fourth-order valence-corrected chi connectivity index (χ4v) is 4.43. The lowest BCUT2D eigenvalue weighted by molar-refractivity contribution is 0.0948. The average Bonchev–Trinajstić information content (AvgIpc) is 3.23. The number of fused-ring (bicyclic) bond motifs is 1. The molecular formula is C20H23N5O3S. The molecule has 0 radical (unpaired) electrons. The first kappa shape index (κ1) is 19.5. The van der Waals surface area contributed by atoms with Crippen LogP contribution in [0.2, 0.25) is 0 Å². The third kappa shape index (κ3) is 4.46. The third-order valence-corrected chi connectivity index (χ3v) is 5.95. The van der Waals surface area contributed by atoms with Crippen molar-refractivity contribution in [3.63, 3.8) is 0 Å². The second-order valence-electron chi connectivity index (χ2n) is 7.21. The van der Waals surface area contributed by atoms with Crippen LogP contribution in [0.3, 0.4) is 0 Å². The molecule has 4 rings (SSSR count). The van der Waals surface area contributed by atoms with Crippen molar-refractivity contribution >= 4 is 17.2 Å². The van der Waals surface area contributed by atoms with Crippen LogP contribution in [0, 0.1) is 13.8 Å². The van der Waals surface area contributed by atoms with E-state index in [-0.39, 0.29) is 18.0 Å². The predicted octanol–water partition coefficient (Wildman–Crippen LogP) is 2.25. The van der Waals surface area contributed by atoms with Crippen LogP contribution in [0.4, 0.5) is 0 Å². The van der Waals surface area contributed by atoms with Crippen LogP contribution < -0.4 is 10.9 Å². The van der Waals surface area contributed by atoms with Crippen LogP contribution in [0.5, 0.6) is 0 Å². The highest BCUT2D eigenvalue weighted by atomic mass is 32.1. The van der Waals surface area contributed by atoms with Gasteiger partial charge in [-0.2, -0.15) is 0 Å². The van der Waals surface area contributed by atoms with Crippen molar-refractivity contribution in [3.05, 3.63) is 67.3 Å². The van der Waals surface area contributed by atoms with Gasteiger partial charge in [-0.25, -0.2) is 4.98 Å². The Balaban J connectivity index is 1.49. The molecule has 0 atom stereocenters. The molecule has 0 aliphatic carbocycles. The predicted molar refractivity (Wildman–Crippen MR) is 109 cm³/mol. The highest BCUT2D eigenvalue weighted by Crippen LogP contribution is 2.19. The number of thiophene rings is 1. The molecule has 1 aliphatic heterocycles. The number of carbonyl (C=O) groups excluding carboxylic acids is 1. The van der Waals surface area contributed by atoms with E-state index in [0.29, 0.717) is 30.1 Å². The number of amides is 1. The van der Waals surface area contributed by atoms with E-state index < -0.39 is 0 Å². The Bertz CT molecular complexity index is 1080. The standard InChI is InChI=1S/C20H23N5O3S/c1-13-4-5-16(29-13)11-24-6-3-7-25-18(12-24)23-15(8-19(25)26)9-21-20(27)17-10-22-28-14(17)2/h4-5,8,10H,3,6-7,9,11-12H2,1-2H3,(H,21,27). The minimum Gasteiger partial charge on any atom is -0.361 e. The lowest BCUT2D eigenvalue weighted by Crippen LogP contribution is -2.30. The monoisotopic (exact) mass is 413 g/mol. The highest BCUT2D eigenvalue weighted by molar-refractivity contribution is 7.11. The maximum Gasteiger partial charge on any atom is 0.256 e. The van der Waals surface area contributed by atoms with Gasteiger partial charge in [-0.3, -0.25) is 19.1 Å². The molecule has 0 unspecified atom stereocenters. The molecule has 1 N–H and O–H groups in total. The molecule has 0 fully saturated rings. The summed E-state index contributed by atoms with van der Waals surface area (Å²) in [5.74, 6) is 0.904. The molecular weight excluding hydrogens is 390 g/mol. The zero-order chi connectivity index (χ0) is 20.4. The zero-order valence-electron chi connectivity index (χ0n) is 16.5. The van der Waals surface area contributed by atoms with Gasteiger partial charge in [0.05, 0.1) is 25.0 Å². The number of aryl methyl sites for hydroxylation is 2. The summed E-state index contributed by atoms with van der Waals surface area (Å²) in [7, 11) is 0. The fraction of sp³-hybridized carbons (Fsp3) is 0.400. The largest absolute Gasteiger partial charge is 0.361 e. The normalized spacial score (nSPS) is 14.4. The van der Waals surface area contributed by atoms with Crippen LogP contribution >= 0.6 is 11.3 Å². The van der Waals surface area contributed by atoms with Crippen molar-refractivity contribution in [2.45, 2.75) is 46.4 Å². The van der Waals surface area contributed by atoms with Gasteiger partial charge in [-0.15, -0.1) is 11.3 Å². The molecule has 29 heavy (non-hydrogen) atoms. The molecule has 8 nitrogen and oxygen atoms in total. The Kier molecular flexibility index (Phi) is 5.59. The van der Waals surface area contributed by atoms with E-state index in [1.54, 1.807) is 22.8 Å². The lowest BCUT2D eigenvalue weighted by atomic mass is 10.2. The van der Waals surface area contributed by atoms with Crippen molar-refractivity contribution < 1.29 is 9.32 Å². The topological polar surface area (TPSA) is 93.3 Å². The summed E-state index contributed by atoms with van der Waals surface area (Å²) in [6.07, 6.45) is 2.29. The summed E-state index contributed by atoms with van der Waals surface area (Å²) in [6, 6.07) is 5.79. The molecule has 0 aromatic carbocycles. The minimum atomic E-state index is -0.296. The van der Waals surface area contributed by atoms with Crippen molar-refractivity contribution in [2.24, 2.45) is 0 Å². The van der Waals surface area contributed by atoms with Crippen LogP contribution in [-0.2, 0) is 26.2 Å². The first-order valence-corrected chi connectivity index (χ1v) is 10.4. The molecule has 4 heterocycles. The molecule has 0 saturated heterocycles. The van der Waals surface area contributed by atoms with Crippen LogP contribution in [0.15, 0.2) is 33.7 Å². The van der Waals surface area contributed by atoms with Gasteiger partial charge < -0.3 is 9.84 Å². The summed E-state index contributed by atoms with van der Waals surface area (Å²) >= 11 is 1.80. The SMILES string of the molecule is Cc1ccc(CN2CCCn3c(nc(CNC(=O)c4cnoc4C)cc3=O)C2)s1. The van der Waals surface area contributed by atoms with Crippen molar-refractivity contribution in [1.82, 2.24) is 24.9 Å². The smallest absolute Gasteiger partial charge is 0.256 e. The van der Waals surface area contributed by atoms with Crippen molar-refractivity contribution in [1.29, 1.82) is 0 Å². The summed E-state index contributed by atoms with van der Waals surface area (Å²) in [5, 5.41) is 6.40. The van der Waals surface area contributed by atoms with Gasteiger partial charge >= 0.3 is 0 Å². The van der Waals surface area contributed by atoms with E-state index in [1.807, 2.05) is 0 Å². The Labute approximate surface area is 172 Å². The Hall–Kier alpha value is -2.78. The van der Waals surface area contributed by atoms with E-state index in [2.05, 4.69) is 39.4 Å². The maximum atomic E-state index is 12.6. The lowest BCUT2D eigenvalue weighted by Gasteiger charge is -2.19. The van der Waals surface area contributed by atoms with Gasteiger partial charge in [-0.1, -0.05) is 5.16 Å². The van der Waals surface area contributed by atoms with Gasteiger partial charge in [0.2, 0.25) is 0 Å². The minimum absolute atomic E-state index is 0.0748. The Morgan fingerprint density at radius 2 is 2.17 bits per heavy atom. The van der Waals surface area contributed by atoms with E-state index in [1.165, 1.54) is 22.0 Å². The van der Waals surface area contributed by atoms with E-state index in [4.69, 9.17) is 4.52 Å². The molecule has 152 valence electrons. The maximum absolute atomic E-state index is 12.6. The fourth-order valence-electron chi connectivity index (χ4n) is 3.50. The van der Waals surface area contributed by atoms with Crippen molar-refractivity contribution in [3.8, 4) is 0 Å². The summed E-state index contributed by atoms with van der Waals surface area (Å²) in [5.41, 5.74) is 0.862. The average molecular weight is 414 g/mol. The summed E-state index contributed by atoms with van der Waals surface area (Å²) < 4.78 is 6.67. The zero-order valence-corrected chi connectivity index (χ0v) is 17.3. The van der Waals surface area contributed by atoms with Gasteiger partial charge in [0.1, 0.15) is 17.1 Å². The number of hydrogen-bond acceptors (Lipinski definition) is 7. The number of carbonyl (C=O) groups is 1. The molecule has 1 amide bonds. The van der Waals surface area contributed by atoms with Gasteiger partial charge in [-0.05, 0) is 32.4 Å². The second kappa shape index (κ2) is 8.30. The number of aromatic nitrogens is 3. The van der Waals surface area contributed by atoms with E-state index in [9.17, 15) is 9.59 Å². The van der Waals surface area contributed by atoms with E-state index in [0.717, 1.165) is 25.3 Å². The quantitative estimate of drug-likeness (QED) is 0.690. The molecule has 0 spiro atoms. The van der Waals surface area contributed by atoms with Crippen LogP contribution in [0.25, 0.3) is 0 Å². The molecule has 0 bridgehead atoms. The third-order valence-electron chi connectivity index (χ3n) is 4.96. The molecule has 1 aliphatic rings. The number of nitrogens with zero attached hydrogens (tertiary/aromatic N) is 4. The molecule has 3 aromatic rings. The van der Waals surface area contributed by atoms with Gasteiger partial charge in [0.15, 0.2) is 0 Å².